The van der Waals surface area contributed by atoms with Crippen molar-refractivity contribution in [1.82, 2.24) is 0 Å². The van der Waals surface area contributed by atoms with Gasteiger partial charge in [0, 0.05) is 12.3 Å². The summed E-state index contributed by atoms with van der Waals surface area (Å²) in [5, 5.41) is 2.72. The number of carbonyl (C=O) groups is 1. The summed E-state index contributed by atoms with van der Waals surface area (Å²) in [6, 6.07) is 5.06. The Morgan fingerprint density at radius 1 is 1.53 bits per heavy atom. The molecule has 1 amide bonds. The van der Waals surface area contributed by atoms with E-state index in [9.17, 15) is 4.79 Å². The number of carbonyl (C=O) groups excluding carboxylic acids is 1. The molecular formula is C12H18N2O3. The molecule has 0 spiro atoms. The van der Waals surface area contributed by atoms with Crippen LogP contribution in [0.25, 0.3) is 0 Å². The van der Waals surface area contributed by atoms with E-state index in [0.29, 0.717) is 23.7 Å². The monoisotopic (exact) mass is 238 g/mol. The van der Waals surface area contributed by atoms with Gasteiger partial charge in [0.05, 0.1) is 12.8 Å². The third kappa shape index (κ3) is 3.64. The minimum Gasteiger partial charge on any atom is -0.495 e. The maximum Gasteiger partial charge on any atom is 0.253 e. The average Bonchev–Trinajstić information content (AvgIpc) is 2.29. The van der Waals surface area contributed by atoms with E-state index in [1.807, 2.05) is 6.92 Å². The van der Waals surface area contributed by atoms with E-state index >= 15 is 0 Å². The molecule has 5 heteroatoms. The lowest BCUT2D eigenvalue weighted by Crippen LogP contribution is -2.27. The summed E-state index contributed by atoms with van der Waals surface area (Å²) < 4.78 is 10.3. The Labute approximate surface area is 101 Å². The van der Waals surface area contributed by atoms with Gasteiger partial charge in [0.2, 0.25) is 0 Å². The van der Waals surface area contributed by atoms with Gasteiger partial charge in [-0.15, -0.1) is 0 Å². The Hall–Kier alpha value is -1.75. The average molecular weight is 238 g/mol. The van der Waals surface area contributed by atoms with Crippen LogP contribution in [0, 0.1) is 0 Å². The highest BCUT2D eigenvalue weighted by molar-refractivity contribution is 5.95. The molecule has 3 N–H and O–H groups in total. The van der Waals surface area contributed by atoms with Crippen molar-refractivity contribution >= 4 is 17.3 Å². The van der Waals surface area contributed by atoms with Crippen LogP contribution in [0.15, 0.2) is 18.2 Å². The van der Waals surface area contributed by atoms with Gasteiger partial charge in [-0.3, -0.25) is 4.79 Å². The predicted molar refractivity (Wildman–Crippen MR) is 67.1 cm³/mol. The van der Waals surface area contributed by atoms with Crippen molar-refractivity contribution < 1.29 is 14.3 Å². The van der Waals surface area contributed by atoms with Crippen molar-refractivity contribution in [2.24, 2.45) is 0 Å². The molecule has 0 saturated heterocycles. The van der Waals surface area contributed by atoms with Crippen molar-refractivity contribution in [3.8, 4) is 5.75 Å². The van der Waals surface area contributed by atoms with Gasteiger partial charge in [0.1, 0.15) is 11.9 Å². The maximum absolute atomic E-state index is 11.7. The summed E-state index contributed by atoms with van der Waals surface area (Å²) in [4.78, 5) is 11.7. The Kier molecular flexibility index (Phi) is 4.78. The van der Waals surface area contributed by atoms with E-state index in [2.05, 4.69) is 5.32 Å². The Bertz CT molecular complexity index is 393. The highest BCUT2D eigenvalue weighted by atomic mass is 16.5. The summed E-state index contributed by atoms with van der Waals surface area (Å²) in [7, 11) is 1.53. The summed E-state index contributed by atoms with van der Waals surface area (Å²) in [6.07, 6.45) is -0.508. The number of nitrogens with one attached hydrogen (secondary N) is 1. The van der Waals surface area contributed by atoms with Gasteiger partial charge in [-0.25, -0.2) is 0 Å². The van der Waals surface area contributed by atoms with Gasteiger partial charge in [-0.1, -0.05) is 0 Å². The molecule has 17 heavy (non-hydrogen) atoms. The van der Waals surface area contributed by atoms with E-state index < -0.39 is 6.10 Å². The van der Waals surface area contributed by atoms with E-state index in [0.717, 1.165) is 0 Å². The van der Waals surface area contributed by atoms with Crippen LogP contribution in [0.2, 0.25) is 0 Å². The number of amides is 1. The number of anilines is 2. The van der Waals surface area contributed by atoms with Crippen LogP contribution in [-0.2, 0) is 9.53 Å². The number of hydrogen-bond donors (Lipinski definition) is 2. The van der Waals surface area contributed by atoms with Crippen molar-refractivity contribution in [3.05, 3.63) is 18.2 Å². The molecule has 0 aliphatic heterocycles. The number of hydrogen-bond acceptors (Lipinski definition) is 4. The zero-order valence-corrected chi connectivity index (χ0v) is 10.3. The summed E-state index contributed by atoms with van der Waals surface area (Å²) in [5.41, 5.74) is 6.76. The van der Waals surface area contributed by atoms with Gasteiger partial charge in [0.15, 0.2) is 0 Å². The predicted octanol–water partition coefficient (Wildman–Crippen LogP) is 1.64. The first kappa shape index (κ1) is 13.3. The molecule has 0 radical (unpaired) electrons. The van der Waals surface area contributed by atoms with Crippen molar-refractivity contribution in [2.75, 3.05) is 24.8 Å². The summed E-state index contributed by atoms with van der Waals surface area (Å²) in [5.74, 6) is 0.340. The second-order valence-corrected chi connectivity index (χ2v) is 3.55. The van der Waals surface area contributed by atoms with Gasteiger partial charge in [0.25, 0.3) is 5.91 Å². The van der Waals surface area contributed by atoms with Crippen molar-refractivity contribution in [3.63, 3.8) is 0 Å². The molecule has 5 nitrogen and oxygen atoms in total. The molecule has 0 aliphatic carbocycles. The van der Waals surface area contributed by atoms with Crippen molar-refractivity contribution in [2.45, 2.75) is 20.0 Å². The molecule has 0 fully saturated rings. The van der Waals surface area contributed by atoms with E-state index in [4.69, 9.17) is 15.2 Å². The fourth-order valence-corrected chi connectivity index (χ4v) is 1.38. The minimum absolute atomic E-state index is 0.226. The Morgan fingerprint density at radius 2 is 2.24 bits per heavy atom. The van der Waals surface area contributed by atoms with Gasteiger partial charge < -0.3 is 20.5 Å². The van der Waals surface area contributed by atoms with Crippen LogP contribution < -0.4 is 15.8 Å². The van der Waals surface area contributed by atoms with E-state index in [1.54, 1.807) is 25.1 Å². The third-order valence-electron chi connectivity index (χ3n) is 2.27. The first-order chi connectivity index (χ1) is 8.08. The molecule has 1 aromatic rings. The molecule has 1 unspecified atom stereocenters. The first-order valence-corrected chi connectivity index (χ1v) is 5.44. The van der Waals surface area contributed by atoms with E-state index in [1.165, 1.54) is 7.11 Å². The number of ether oxygens (including phenoxy) is 2. The topological polar surface area (TPSA) is 73.6 Å². The molecular weight excluding hydrogens is 220 g/mol. The lowest BCUT2D eigenvalue weighted by atomic mass is 10.2. The first-order valence-electron chi connectivity index (χ1n) is 5.44. The third-order valence-corrected chi connectivity index (χ3v) is 2.27. The molecule has 0 aromatic heterocycles. The SMILES string of the molecule is CCOC(C)C(=O)Nc1cc(N)ccc1OC. The van der Waals surface area contributed by atoms with Gasteiger partial charge in [-0.2, -0.15) is 0 Å². The zero-order chi connectivity index (χ0) is 12.8. The lowest BCUT2D eigenvalue weighted by Gasteiger charge is -2.14. The van der Waals surface area contributed by atoms with Gasteiger partial charge in [-0.05, 0) is 32.0 Å². The van der Waals surface area contributed by atoms with Crippen LogP contribution in [0.5, 0.6) is 5.75 Å². The highest BCUT2D eigenvalue weighted by Gasteiger charge is 2.14. The fourth-order valence-electron chi connectivity index (χ4n) is 1.38. The quantitative estimate of drug-likeness (QED) is 0.765. The summed E-state index contributed by atoms with van der Waals surface area (Å²) in [6.45, 7) is 4.02. The normalized spacial score (nSPS) is 11.9. The van der Waals surface area contributed by atoms with Gasteiger partial charge >= 0.3 is 0 Å². The van der Waals surface area contributed by atoms with Crippen molar-refractivity contribution in [1.29, 1.82) is 0 Å². The number of rotatable bonds is 5. The number of benzene rings is 1. The molecule has 1 atom stereocenters. The molecule has 0 aliphatic rings. The molecule has 0 bridgehead atoms. The standard InChI is InChI=1S/C12H18N2O3/c1-4-17-8(2)12(15)14-10-7-9(13)5-6-11(10)16-3/h5-8H,4,13H2,1-3H3,(H,14,15). The zero-order valence-electron chi connectivity index (χ0n) is 10.3. The molecule has 1 aromatic carbocycles. The maximum atomic E-state index is 11.7. The largest absolute Gasteiger partial charge is 0.495 e. The Morgan fingerprint density at radius 3 is 2.82 bits per heavy atom. The number of methoxy groups -OCH3 is 1. The van der Waals surface area contributed by atoms with Crippen LogP contribution in [0.4, 0.5) is 11.4 Å². The fraction of sp³-hybridized carbons (Fsp3) is 0.417. The lowest BCUT2D eigenvalue weighted by molar-refractivity contribution is -0.126. The minimum atomic E-state index is -0.508. The smallest absolute Gasteiger partial charge is 0.253 e. The Balaban J connectivity index is 2.79. The number of nitrogen functional groups attached to an aromatic ring is 1. The summed E-state index contributed by atoms with van der Waals surface area (Å²) >= 11 is 0. The second kappa shape index (κ2) is 6.10. The molecule has 94 valence electrons. The second-order valence-electron chi connectivity index (χ2n) is 3.55. The molecule has 0 saturated carbocycles. The highest BCUT2D eigenvalue weighted by Crippen LogP contribution is 2.26. The molecule has 0 heterocycles. The number of nitrogens with two attached hydrogens (primary N) is 1. The van der Waals surface area contributed by atoms with Crippen LogP contribution in [0.3, 0.4) is 0 Å². The van der Waals surface area contributed by atoms with Crippen LogP contribution >= 0.6 is 0 Å². The van der Waals surface area contributed by atoms with E-state index in [-0.39, 0.29) is 5.91 Å². The van der Waals surface area contributed by atoms with Crippen LogP contribution in [0.1, 0.15) is 13.8 Å². The van der Waals surface area contributed by atoms with Crippen LogP contribution in [-0.4, -0.2) is 25.7 Å². The molecule has 1 rings (SSSR count).